The van der Waals surface area contributed by atoms with Crippen LogP contribution in [0.25, 0.3) is 0 Å². The van der Waals surface area contributed by atoms with Crippen LogP contribution >= 0.6 is 0 Å². The van der Waals surface area contributed by atoms with Gasteiger partial charge in [0, 0.05) is 5.41 Å². The van der Waals surface area contributed by atoms with E-state index in [1.165, 1.54) is 26.0 Å². The van der Waals surface area contributed by atoms with Gasteiger partial charge in [-0.15, -0.1) is 0 Å². The Bertz CT molecular complexity index is 783. The first-order valence-corrected chi connectivity index (χ1v) is 9.94. The van der Waals surface area contributed by atoms with Crippen LogP contribution in [-0.2, 0) is 28.8 Å². The highest BCUT2D eigenvalue weighted by Gasteiger charge is 2.39. The molecule has 1 aliphatic rings. The van der Waals surface area contributed by atoms with Crippen molar-refractivity contribution in [2.24, 2.45) is 5.41 Å². The molecule has 0 saturated carbocycles. The Hall–Kier alpha value is -1.12. The lowest BCUT2D eigenvalue weighted by Crippen LogP contribution is -2.38. The fourth-order valence-corrected chi connectivity index (χ4v) is 3.53. The maximum absolute atomic E-state index is 12.3. The van der Waals surface area contributed by atoms with E-state index in [9.17, 15) is 16.8 Å². The van der Waals surface area contributed by atoms with Crippen molar-refractivity contribution in [3.8, 4) is 0 Å². The third-order valence-corrected chi connectivity index (χ3v) is 6.81. The summed E-state index contributed by atoms with van der Waals surface area (Å²) < 4.78 is 55.2. The first kappa shape index (κ1) is 21.9. The number of allylic oxidation sites excluding steroid dienone is 3. The molecule has 10 nitrogen and oxygen atoms in total. The summed E-state index contributed by atoms with van der Waals surface area (Å²) in [5.74, 6) is 0. The quantitative estimate of drug-likeness (QED) is 0.356. The van der Waals surface area contributed by atoms with Gasteiger partial charge in [-0.3, -0.25) is 10.4 Å². The summed E-state index contributed by atoms with van der Waals surface area (Å²) in [6, 6.07) is 0. The van der Waals surface area contributed by atoms with Crippen molar-refractivity contribution >= 4 is 20.2 Å². The lowest BCUT2D eigenvalue weighted by atomic mass is 9.87. The van der Waals surface area contributed by atoms with Gasteiger partial charge < -0.3 is 0 Å². The first-order chi connectivity index (χ1) is 11.3. The normalized spacial score (nSPS) is 25.1. The van der Waals surface area contributed by atoms with E-state index in [-0.39, 0.29) is 5.57 Å². The van der Waals surface area contributed by atoms with Crippen LogP contribution in [0.2, 0.25) is 0 Å². The molecule has 144 valence electrons. The Morgan fingerprint density at radius 2 is 1.56 bits per heavy atom. The van der Waals surface area contributed by atoms with Crippen molar-refractivity contribution in [1.29, 1.82) is 0 Å². The molecule has 0 radical (unpaired) electrons. The second-order valence-corrected chi connectivity index (χ2v) is 10.1. The van der Waals surface area contributed by atoms with Crippen LogP contribution in [0.4, 0.5) is 0 Å². The molecule has 0 heterocycles. The molecule has 0 spiro atoms. The molecule has 4 N–H and O–H groups in total. The van der Waals surface area contributed by atoms with E-state index in [1.54, 1.807) is 26.0 Å². The van der Waals surface area contributed by atoms with Crippen LogP contribution in [0.5, 0.6) is 0 Å². The highest BCUT2D eigenvalue weighted by Crippen LogP contribution is 2.32. The average Bonchev–Trinajstić information content (AvgIpc) is 2.47. The summed E-state index contributed by atoms with van der Waals surface area (Å²) in [5, 5.41) is 15.8. The summed E-state index contributed by atoms with van der Waals surface area (Å²) in [6.07, 6.45) is 7.23. The molecule has 0 aromatic rings. The van der Waals surface area contributed by atoms with Gasteiger partial charge in [-0.05, 0) is 19.4 Å². The molecule has 0 fully saturated rings. The molecule has 25 heavy (non-hydrogen) atoms. The van der Waals surface area contributed by atoms with E-state index in [4.69, 9.17) is 10.4 Å². The predicted molar refractivity (Wildman–Crippen MR) is 87.9 cm³/mol. The molecule has 1 rings (SSSR count). The Labute approximate surface area is 146 Å². The smallest absolute Gasteiger partial charge is 0.291 e. The topological polar surface area (TPSA) is 151 Å². The first-order valence-electron chi connectivity index (χ1n) is 7.06. The minimum absolute atomic E-state index is 0.0836. The maximum atomic E-state index is 12.3. The van der Waals surface area contributed by atoms with E-state index in [0.717, 1.165) is 17.4 Å². The van der Waals surface area contributed by atoms with E-state index >= 15 is 0 Å². The number of hydrogen-bond acceptors (Lipinski definition) is 10. The van der Waals surface area contributed by atoms with Crippen LogP contribution in [0.1, 0.15) is 27.7 Å². The minimum Gasteiger partial charge on any atom is -0.291 e. The monoisotopic (exact) mass is 398 g/mol. The van der Waals surface area contributed by atoms with E-state index < -0.39 is 35.6 Å². The van der Waals surface area contributed by atoms with Gasteiger partial charge in [-0.2, -0.15) is 25.4 Å². The number of rotatable bonds is 7. The molecule has 0 saturated heterocycles. The Kier molecular flexibility index (Phi) is 6.69. The second kappa shape index (κ2) is 7.63. The average molecular weight is 398 g/mol. The Balaban J connectivity index is 3.58. The second-order valence-electron chi connectivity index (χ2n) is 6.25. The standard InChI is InChI=1S/C13H22N2O8S2/c1-10(24(18,19)22-14-16)11-5-6-12(2,3)7-8-13(4,9-11)25(20,21)23-15-17/h5-10,14-17H,1-4H3. The van der Waals surface area contributed by atoms with Gasteiger partial charge in [0.25, 0.3) is 20.2 Å². The van der Waals surface area contributed by atoms with Crippen LogP contribution in [0, 0.1) is 5.41 Å². The van der Waals surface area contributed by atoms with Crippen molar-refractivity contribution in [2.45, 2.75) is 37.7 Å². The zero-order valence-electron chi connectivity index (χ0n) is 14.1. The molecule has 0 amide bonds. The van der Waals surface area contributed by atoms with Gasteiger partial charge >= 0.3 is 0 Å². The number of hydrogen-bond donors (Lipinski definition) is 4. The van der Waals surface area contributed by atoms with Crippen LogP contribution < -0.4 is 11.3 Å². The summed E-state index contributed by atoms with van der Waals surface area (Å²) in [5.41, 5.74) is 1.72. The van der Waals surface area contributed by atoms with Gasteiger partial charge in [-0.1, -0.05) is 55.5 Å². The summed E-state index contributed by atoms with van der Waals surface area (Å²) >= 11 is 0. The Morgan fingerprint density at radius 3 is 2.08 bits per heavy atom. The number of nitrogens with one attached hydrogen (secondary N) is 2. The van der Waals surface area contributed by atoms with Gasteiger partial charge in [0.15, 0.2) is 0 Å². The summed E-state index contributed by atoms with van der Waals surface area (Å²) in [6.45, 7) is 6.10. The maximum Gasteiger partial charge on any atom is 0.297 e. The lowest BCUT2D eigenvalue weighted by Gasteiger charge is -2.27. The molecular weight excluding hydrogens is 376 g/mol. The van der Waals surface area contributed by atoms with E-state index in [0.29, 0.717) is 0 Å². The predicted octanol–water partition coefficient (Wildman–Crippen LogP) is 0.693. The fourth-order valence-electron chi connectivity index (χ4n) is 2.01. The van der Waals surface area contributed by atoms with Gasteiger partial charge in [0.1, 0.15) is 10.00 Å². The van der Waals surface area contributed by atoms with Crippen LogP contribution in [0.3, 0.4) is 0 Å². The zero-order chi connectivity index (χ0) is 19.5. The summed E-state index contributed by atoms with van der Waals surface area (Å²) in [7, 11) is -8.69. The molecule has 0 aromatic heterocycles. The van der Waals surface area contributed by atoms with Crippen molar-refractivity contribution in [3.63, 3.8) is 0 Å². The van der Waals surface area contributed by atoms with Crippen LogP contribution in [-0.4, -0.2) is 37.2 Å². The molecule has 0 aromatic carbocycles. The SMILES string of the molecule is CC(C1=CC(C)(S(=O)(=O)ONO)C=CC(C)(C)C=C1)S(=O)(=O)ONO. The van der Waals surface area contributed by atoms with Gasteiger partial charge in [-0.25, -0.2) is 0 Å². The van der Waals surface area contributed by atoms with Crippen molar-refractivity contribution < 1.29 is 35.8 Å². The van der Waals surface area contributed by atoms with Crippen LogP contribution in [0.15, 0.2) is 36.0 Å². The molecule has 1 aliphatic carbocycles. The molecule has 0 aliphatic heterocycles. The third kappa shape index (κ3) is 5.18. The zero-order valence-corrected chi connectivity index (χ0v) is 15.8. The minimum atomic E-state index is -4.41. The van der Waals surface area contributed by atoms with Crippen molar-refractivity contribution in [2.75, 3.05) is 0 Å². The lowest BCUT2D eigenvalue weighted by molar-refractivity contribution is -0.0396. The van der Waals surface area contributed by atoms with Crippen molar-refractivity contribution in [3.05, 3.63) is 36.0 Å². The molecule has 0 bridgehead atoms. The largest absolute Gasteiger partial charge is 0.297 e. The highest BCUT2D eigenvalue weighted by molar-refractivity contribution is 7.88. The van der Waals surface area contributed by atoms with E-state index in [1.807, 2.05) is 0 Å². The molecule has 12 heteroatoms. The molecule has 2 atom stereocenters. The molecule has 2 unspecified atom stereocenters. The fraction of sp³-hybridized carbons (Fsp3) is 0.538. The molecular formula is C13H22N2O8S2. The third-order valence-electron chi connectivity index (χ3n) is 3.74. The Morgan fingerprint density at radius 1 is 1.00 bits per heavy atom. The summed E-state index contributed by atoms with van der Waals surface area (Å²) in [4.78, 5) is 0. The van der Waals surface area contributed by atoms with Crippen molar-refractivity contribution in [1.82, 2.24) is 11.3 Å². The van der Waals surface area contributed by atoms with E-state index in [2.05, 4.69) is 8.57 Å². The highest BCUT2D eigenvalue weighted by atomic mass is 32.2. The van der Waals surface area contributed by atoms with Gasteiger partial charge in [0.2, 0.25) is 0 Å². The van der Waals surface area contributed by atoms with Gasteiger partial charge in [0.05, 0.1) is 0 Å².